The first kappa shape index (κ1) is 21.3. The lowest BCUT2D eigenvalue weighted by molar-refractivity contribution is -0.0341. The largest absolute Gasteiger partial charge is 0.502 e. The van der Waals surface area contributed by atoms with E-state index in [1.54, 1.807) is 0 Å². The maximum Gasteiger partial charge on any atom is 0.502 e. The molecule has 138 valence electrons. The van der Waals surface area contributed by atoms with E-state index < -0.39 is 14.5 Å². The molecular weight excluding hydrogens is 320 g/mol. The standard InChI is InChI=1S/C18H34N2O3Si/c1-4-18(20,14-13-17-11-8-7-9-12-17)23-24(21-5-2,22-6-3)16-10-15-19/h7-9,11-12H,4-6,10,13-16,19-20H2,1-3H3. The minimum atomic E-state index is -2.82. The van der Waals surface area contributed by atoms with Gasteiger partial charge in [-0.3, -0.25) is 0 Å². The van der Waals surface area contributed by atoms with Gasteiger partial charge in [0.1, 0.15) is 5.72 Å². The molecule has 5 nitrogen and oxygen atoms in total. The van der Waals surface area contributed by atoms with Crippen LogP contribution in [0, 0.1) is 0 Å². The number of benzene rings is 1. The van der Waals surface area contributed by atoms with Crippen molar-refractivity contribution in [1.29, 1.82) is 0 Å². The molecule has 0 aliphatic heterocycles. The minimum Gasteiger partial charge on any atom is -0.374 e. The molecular formula is C18H34N2O3Si. The molecule has 0 aliphatic rings. The van der Waals surface area contributed by atoms with E-state index in [0.29, 0.717) is 32.2 Å². The van der Waals surface area contributed by atoms with Gasteiger partial charge in [-0.2, -0.15) is 0 Å². The highest BCUT2D eigenvalue weighted by Gasteiger charge is 2.46. The normalized spacial score (nSPS) is 14.5. The van der Waals surface area contributed by atoms with Crippen molar-refractivity contribution >= 4 is 8.80 Å². The van der Waals surface area contributed by atoms with Gasteiger partial charge in [-0.15, -0.1) is 0 Å². The molecule has 0 radical (unpaired) electrons. The minimum absolute atomic E-state index is 0.551. The third kappa shape index (κ3) is 7.00. The van der Waals surface area contributed by atoms with Crippen molar-refractivity contribution in [3.05, 3.63) is 35.9 Å². The van der Waals surface area contributed by atoms with Crippen LogP contribution in [0.2, 0.25) is 6.04 Å². The van der Waals surface area contributed by atoms with Crippen molar-refractivity contribution in [2.45, 2.75) is 58.2 Å². The molecule has 0 spiro atoms. The van der Waals surface area contributed by atoms with Crippen LogP contribution in [0.4, 0.5) is 0 Å². The Labute approximate surface area is 148 Å². The molecule has 0 aromatic heterocycles. The fourth-order valence-corrected chi connectivity index (χ4v) is 5.64. The lowest BCUT2D eigenvalue weighted by Gasteiger charge is -2.38. The van der Waals surface area contributed by atoms with Gasteiger partial charge >= 0.3 is 8.80 Å². The highest BCUT2D eigenvalue weighted by molar-refractivity contribution is 6.60. The van der Waals surface area contributed by atoms with Crippen molar-refractivity contribution in [1.82, 2.24) is 0 Å². The summed E-state index contributed by atoms with van der Waals surface area (Å²) in [4.78, 5) is 0. The predicted molar refractivity (Wildman–Crippen MR) is 101 cm³/mol. The number of rotatable bonds is 13. The number of hydrogen-bond acceptors (Lipinski definition) is 5. The van der Waals surface area contributed by atoms with Gasteiger partial charge in [0.2, 0.25) is 0 Å². The van der Waals surface area contributed by atoms with Gasteiger partial charge in [-0.05, 0) is 51.6 Å². The predicted octanol–water partition coefficient (Wildman–Crippen LogP) is 3.06. The van der Waals surface area contributed by atoms with Gasteiger partial charge in [-0.25, -0.2) is 0 Å². The molecule has 24 heavy (non-hydrogen) atoms. The van der Waals surface area contributed by atoms with Gasteiger partial charge in [0.25, 0.3) is 0 Å². The molecule has 0 bridgehead atoms. The Kier molecular flexibility index (Phi) is 9.73. The van der Waals surface area contributed by atoms with Gasteiger partial charge in [0.15, 0.2) is 0 Å². The molecule has 0 fully saturated rings. The summed E-state index contributed by atoms with van der Waals surface area (Å²) < 4.78 is 18.4. The molecule has 6 heteroatoms. The van der Waals surface area contributed by atoms with Crippen molar-refractivity contribution < 1.29 is 13.3 Å². The fraction of sp³-hybridized carbons (Fsp3) is 0.667. The molecule has 0 saturated carbocycles. The van der Waals surface area contributed by atoms with E-state index >= 15 is 0 Å². The third-order valence-electron chi connectivity index (χ3n) is 4.05. The lowest BCUT2D eigenvalue weighted by atomic mass is 10.0. The molecule has 1 rings (SSSR count). The fourth-order valence-electron chi connectivity index (χ4n) is 2.66. The van der Waals surface area contributed by atoms with E-state index in [2.05, 4.69) is 12.1 Å². The average Bonchev–Trinajstić information content (AvgIpc) is 2.60. The van der Waals surface area contributed by atoms with Crippen LogP contribution in [0.25, 0.3) is 0 Å². The van der Waals surface area contributed by atoms with Crippen LogP contribution >= 0.6 is 0 Å². The topological polar surface area (TPSA) is 79.7 Å². The molecule has 1 unspecified atom stereocenters. The van der Waals surface area contributed by atoms with E-state index in [1.165, 1.54) is 5.56 Å². The third-order valence-corrected chi connectivity index (χ3v) is 7.19. The Morgan fingerprint density at radius 1 is 1.04 bits per heavy atom. The SMILES string of the molecule is CCO[Si](CCCN)(OCC)OC(N)(CC)CCc1ccccc1. The number of hydrogen-bond donors (Lipinski definition) is 2. The van der Waals surface area contributed by atoms with E-state index in [4.69, 9.17) is 24.7 Å². The summed E-state index contributed by atoms with van der Waals surface area (Å²) in [5, 5.41) is 0. The van der Waals surface area contributed by atoms with Crippen molar-refractivity contribution in [3.8, 4) is 0 Å². The van der Waals surface area contributed by atoms with Crippen molar-refractivity contribution in [2.24, 2.45) is 11.5 Å². The Hall–Kier alpha value is -0.763. The van der Waals surface area contributed by atoms with Crippen LogP contribution < -0.4 is 11.5 Å². The Morgan fingerprint density at radius 3 is 2.17 bits per heavy atom. The van der Waals surface area contributed by atoms with Crippen LogP contribution in [0.15, 0.2) is 30.3 Å². The highest BCUT2D eigenvalue weighted by atomic mass is 28.4. The van der Waals surface area contributed by atoms with Crippen LogP contribution in [0.5, 0.6) is 0 Å². The Morgan fingerprint density at radius 2 is 1.67 bits per heavy atom. The second kappa shape index (κ2) is 11.0. The smallest absolute Gasteiger partial charge is 0.374 e. The van der Waals surface area contributed by atoms with E-state index in [0.717, 1.165) is 19.3 Å². The molecule has 0 amide bonds. The Bertz CT molecular complexity index is 441. The second-order valence-electron chi connectivity index (χ2n) is 5.95. The maximum atomic E-state index is 6.58. The Balaban J connectivity index is 2.83. The number of nitrogens with two attached hydrogens (primary N) is 2. The summed E-state index contributed by atoms with van der Waals surface area (Å²) in [5.74, 6) is 0. The zero-order valence-electron chi connectivity index (χ0n) is 15.4. The molecule has 1 atom stereocenters. The summed E-state index contributed by atoms with van der Waals surface area (Å²) in [7, 11) is -2.82. The highest BCUT2D eigenvalue weighted by Crippen LogP contribution is 2.27. The van der Waals surface area contributed by atoms with Crippen LogP contribution in [0.1, 0.15) is 45.6 Å². The van der Waals surface area contributed by atoms with Crippen LogP contribution in [0.3, 0.4) is 0 Å². The summed E-state index contributed by atoms with van der Waals surface area (Å²) >= 11 is 0. The second-order valence-corrected chi connectivity index (χ2v) is 8.59. The molecule has 4 N–H and O–H groups in total. The monoisotopic (exact) mass is 354 g/mol. The van der Waals surface area contributed by atoms with E-state index in [1.807, 2.05) is 39.0 Å². The quantitative estimate of drug-likeness (QED) is 0.420. The number of aryl methyl sites for hydroxylation is 1. The summed E-state index contributed by atoms with van der Waals surface area (Å²) in [6, 6.07) is 11.0. The zero-order chi connectivity index (χ0) is 17.9. The lowest BCUT2D eigenvalue weighted by Crippen LogP contribution is -2.57. The van der Waals surface area contributed by atoms with Crippen LogP contribution in [-0.4, -0.2) is 34.3 Å². The van der Waals surface area contributed by atoms with Crippen molar-refractivity contribution in [2.75, 3.05) is 19.8 Å². The molecule has 0 saturated heterocycles. The van der Waals surface area contributed by atoms with Gasteiger partial charge < -0.3 is 24.7 Å². The average molecular weight is 355 g/mol. The molecule has 0 heterocycles. The molecule has 1 aromatic carbocycles. The van der Waals surface area contributed by atoms with E-state index in [-0.39, 0.29) is 0 Å². The first-order chi connectivity index (χ1) is 11.5. The molecule has 0 aliphatic carbocycles. The van der Waals surface area contributed by atoms with Gasteiger partial charge in [0, 0.05) is 19.3 Å². The van der Waals surface area contributed by atoms with Crippen LogP contribution in [-0.2, 0) is 19.7 Å². The van der Waals surface area contributed by atoms with Gasteiger partial charge in [-0.1, -0.05) is 37.3 Å². The maximum absolute atomic E-state index is 6.58. The first-order valence-corrected chi connectivity index (χ1v) is 11.0. The summed E-state index contributed by atoms with van der Waals surface area (Å²) in [6.45, 7) is 7.66. The summed E-state index contributed by atoms with van der Waals surface area (Å²) in [5.41, 5.74) is 12.8. The first-order valence-electron chi connectivity index (χ1n) is 9.04. The zero-order valence-corrected chi connectivity index (χ0v) is 16.4. The summed E-state index contributed by atoms with van der Waals surface area (Å²) in [6.07, 6.45) is 3.11. The molecule has 1 aromatic rings. The van der Waals surface area contributed by atoms with Gasteiger partial charge in [0.05, 0.1) is 0 Å². The van der Waals surface area contributed by atoms with Crippen molar-refractivity contribution in [3.63, 3.8) is 0 Å². The van der Waals surface area contributed by atoms with E-state index in [9.17, 15) is 0 Å².